The van der Waals surface area contributed by atoms with Crippen LogP contribution in [0, 0.1) is 0 Å². The monoisotopic (exact) mass is 314 g/mol. The van der Waals surface area contributed by atoms with E-state index in [1.54, 1.807) is 0 Å². The summed E-state index contributed by atoms with van der Waals surface area (Å²) in [6, 6.07) is 0. The molecule has 0 spiro atoms. The van der Waals surface area contributed by atoms with Gasteiger partial charge < -0.3 is 4.55 Å². The first-order chi connectivity index (χ1) is 10.3. The molecule has 126 valence electrons. The largest absolute Gasteiger partial charge is 0.616 e. The molecule has 0 amide bonds. The molecular weight excluding hydrogens is 276 g/mol. The molecule has 0 saturated heterocycles. The fourth-order valence-corrected chi connectivity index (χ4v) is 5.68. The van der Waals surface area contributed by atoms with Gasteiger partial charge in [0.1, 0.15) is 10.5 Å². The van der Waals surface area contributed by atoms with E-state index in [2.05, 4.69) is 13.8 Å². The predicted octanol–water partition coefficient (Wildman–Crippen LogP) is 6.38. The zero-order valence-electron chi connectivity index (χ0n) is 14.6. The SMILES string of the molecule is CCCCCCCC(CCCCCC)[S+]([O-])C1CCCC1. The maximum absolute atomic E-state index is 12.8. The molecule has 2 heteroatoms. The van der Waals surface area contributed by atoms with Gasteiger partial charge in [-0.15, -0.1) is 0 Å². The Bertz CT molecular complexity index is 226. The smallest absolute Gasteiger partial charge is 0.115 e. The summed E-state index contributed by atoms with van der Waals surface area (Å²) in [5.41, 5.74) is 0. The van der Waals surface area contributed by atoms with E-state index in [0.717, 1.165) is 0 Å². The van der Waals surface area contributed by atoms with Crippen LogP contribution in [0.2, 0.25) is 0 Å². The van der Waals surface area contributed by atoms with E-state index in [0.29, 0.717) is 10.5 Å². The summed E-state index contributed by atoms with van der Waals surface area (Å²) in [6.45, 7) is 4.54. The van der Waals surface area contributed by atoms with Crippen LogP contribution in [0.15, 0.2) is 0 Å². The van der Waals surface area contributed by atoms with Gasteiger partial charge in [-0.1, -0.05) is 58.8 Å². The van der Waals surface area contributed by atoms with Crippen LogP contribution >= 0.6 is 0 Å². The third-order valence-corrected chi connectivity index (χ3v) is 7.23. The summed E-state index contributed by atoms with van der Waals surface area (Å²) in [4.78, 5) is 0. The Morgan fingerprint density at radius 2 is 1.29 bits per heavy atom. The van der Waals surface area contributed by atoms with E-state index in [1.165, 1.54) is 96.3 Å². The van der Waals surface area contributed by atoms with Gasteiger partial charge in [0.15, 0.2) is 0 Å². The highest BCUT2D eigenvalue weighted by Crippen LogP contribution is 2.31. The molecule has 1 aliphatic carbocycles. The lowest BCUT2D eigenvalue weighted by Gasteiger charge is -2.26. The standard InChI is InChI=1S/C19H38OS/c1-3-5-7-9-11-15-18(14-10-8-6-4-2)21(20)19-16-12-13-17-19/h18-19H,3-17H2,1-2H3. The summed E-state index contributed by atoms with van der Waals surface area (Å²) in [5, 5.41) is 1.04. The Morgan fingerprint density at radius 1 is 0.810 bits per heavy atom. The molecule has 2 atom stereocenters. The molecular formula is C19H38OS. The van der Waals surface area contributed by atoms with Crippen LogP contribution in [0.5, 0.6) is 0 Å². The van der Waals surface area contributed by atoms with Crippen molar-refractivity contribution in [2.24, 2.45) is 0 Å². The second kappa shape index (κ2) is 12.8. The fraction of sp³-hybridized carbons (Fsp3) is 1.00. The minimum absolute atomic E-state index is 0.506. The summed E-state index contributed by atoms with van der Waals surface area (Å²) >= 11 is -0.546. The van der Waals surface area contributed by atoms with Gasteiger partial charge in [-0.25, -0.2) is 0 Å². The fourth-order valence-electron chi connectivity index (χ4n) is 3.54. The number of unbranched alkanes of at least 4 members (excludes halogenated alkanes) is 7. The van der Waals surface area contributed by atoms with Gasteiger partial charge in [-0.2, -0.15) is 0 Å². The summed E-state index contributed by atoms with van der Waals surface area (Å²) in [5.74, 6) is 0. The molecule has 0 aliphatic heterocycles. The van der Waals surface area contributed by atoms with Crippen molar-refractivity contribution in [2.45, 2.75) is 121 Å². The number of hydrogen-bond acceptors (Lipinski definition) is 1. The molecule has 1 nitrogen and oxygen atoms in total. The second-order valence-electron chi connectivity index (χ2n) is 6.91. The molecule has 1 fully saturated rings. The van der Waals surface area contributed by atoms with E-state index in [1.807, 2.05) is 0 Å². The van der Waals surface area contributed by atoms with Crippen LogP contribution in [-0.2, 0) is 11.2 Å². The first-order valence-corrected chi connectivity index (χ1v) is 11.0. The Kier molecular flexibility index (Phi) is 11.8. The molecule has 2 unspecified atom stereocenters. The highest BCUT2D eigenvalue weighted by atomic mass is 32.2. The molecule has 1 aliphatic rings. The van der Waals surface area contributed by atoms with Gasteiger partial charge in [0, 0.05) is 0 Å². The predicted molar refractivity (Wildman–Crippen MR) is 96.3 cm³/mol. The highest BCUT2D eigenvalue weighted by Gasteiger charge is 2.32. The molecule has 0 aromatic heterocycles. The van der Waals surface area contributed by atoms with Crippen molar-refractivity contribution in [2.75, 3.05) is 0 Å². The van der Waals surface area contributed by atoms with Crippen LogP contribution < -0.4 is 0 Å². The zero-order valence-corrected chi connectivity index (χ0v) is 15.4. The molecule has 0 aromatic carbocycles. The van der Waals surface area contributed by atoms with E-state index >= 15 is 0 Å². The minimum Gasteiger partial charge on any atom is -0.616 e. The molecule has 0 heterocycles. The maximum atomic E-state index is 12.8. The molecule has 21 heavy (non-hydrogen) atoms. The van der Waals surface area contributed by atoms with Crippen molar-refractivity contribution >= 4 is 11.2 Å². The van der Waals surface area contributed by atoms with Crippen molar-refractivity contribution in [1.29, 1.82) is 0 Å². The average Bonchev–Trinajstić information content (AvgIpc) is 3.03. The van der Waals surface area contributed by atoms with Crippen molar-refractivity contribution in [1.82, 2.24) is 0 Å². The van der Waals surface area contributed by atoms with Crippen LogP contribution in [-0.4, -0.2) is 15.1 Å². The maximum Gasteiger partial charge on any atom is 0.115 e. The lowest BCUT2D eigenvalue weighted by Crippen LogP contribution is -2.30. The summed E-state index contributed by atoms with van der Waals surface area (Å²) in [6.07, 6.45) is 19.5. The van der Waals surface area contributed by atoms with Gasteiger partial charge in [0.25, 0.3) is 0 Å². The molecule has 1 saturated carbocycles. The zero-order chi connectivity index (χ0) is 15.3. The topological polar surface area (TPSA) is 23.1 Å². The first-order valence-electron chi connectivity index (χ1n) is 9.69. The van der Waals surface area contributed by atoms with E-state index in [-0.39, 0.29) is 0 Å². The molecule has 0 N–H and O–H groups in total. The van der Waals surface area contributed by atoms with Crippen molar-refractivity contribution in [3.63, 3.8) is 0 Å². The summed E-state index contributed by atoms with van der Waals surface area (Å²) in [7, 11) is 0. The Hall–Kier alpha value is 0.310. The van der Waals surface area contributed by atoms with Gasteiger partial charge in [-0.05, 0) is 62.5 Å². The molecule has 1 rings (SSSR count). The second-order valence-corrected chi connectivity index (χ2v) is 8.90. The third-order valence-electron chi connectivity index (χ3n) is 4.97. The molecule has 0 bridgehead atoms. The first kappa shape index (κ1) is 19.4. The van der Waals surface area contributed by atoms with Crippen LogP contribution in [0.1, 0.15) is 110 Å². The van der Waals surface area contributed by atoms with Gasteiger partial charge in [0.05, 0.1) is 0 Å². The Balaban J connectivity index is 2.29. The number of rotatable bonds is 13. The van der Waals surface area contributed by atoms with Crippen molar-refractivity contribution in [3.8, 4) is 0 Å². The average molecular weight is 315 g/mol. The highest BCUT2D eigenvalue weighted by molar-refractivity contribution is 7.92. The normalized spacial score (nSPS) is 19.0. The number of hydrogen-bond donors (Lipinski definition) is 0. The summed E-state index contributed by atoms with van der Waals surface area (Å²) < 4.78 is 12.8. The Labute approximate surface area is 136 Å². The van der Waals surface area contributed by atoms with Crippen molar-refractivity contribution in [3.05, 3.63) is 0 Å². The van der Waals surface area contributed by atoms with Gasteiger partial charge in [-0.3, -0.25) is 0 Å². The quantitative estimate of drug-likeness (QED) is 0.286. The Morgan fingerprint density at radius 3 is 1.81 bits per heavy atom. The van der Waals surface area contributed by atoms with Gasteiger partial charge >= 0.3 is 0 Å². The van der Waals surface area contributed by atoms with Crippen LogP contribution in [0.25, 0.3) is 0 Å². The van der Waals surface area contributed by atoms with E-state index < -0.39 is 11.2 Å². The van der Waals surface area contributed by atoms with Crippen LogP contribution in [0.4, 0.5) is 0 Å². The van der Waals surface area contributed by atoms with E-state index in [4.69, 9.17) is 0 Å². The molecule has 0 aromatic rings. The minimum atomic E-state index is -0.546. The lowest BCUT2D eigenvalue weighted by molar-refractivity contribution is 0.510. The van der Waals surface area contributed by atoms with Crippen LogP contribution in [0.3, 0.4) is 0 Å². The lowest BCUT2D eigenvalue weighted by atomic mass is 10.0. The van der Waals surface area contributed by atoms with Crippen molar-refractivity contribution < 1.29 is 4.55 Å². The third kappa shape index (κ3) is 8.50. The van der Waals surface area contributed by atoms with Gasteiger partial charge in [0.2, 0.25) is 0 Å². The van der Waals surface area contributed by atoms with E-state index in [9.17, 15) is 4.55 Å². The molecule has 0 radical (unpaired) electrons.